The molecule has 0 saturated carbocycles. The van der Waals surface area contributed by atoms with Gasteiger partial charge in [-0.25, -0.2) is 0 Å². The molecule has 2 atom stereocenters. The number of hydrogen-bond acceptors (Lipinski definition) is 3. The number of nitrogens with one attached hydrogen (secondary N) is 1. The largest absolute Gasteiger partial charge is 0.378 e. The summed E-state index contributed by atoms with van der Waals surface area (Å²) in [6.45, 7) is 6.89. The van der Waals surface area contributed by atoms with Crippen molar-refractivity contribution in [2.45, 2.75) is 38.3 Å². The van der Waals surface area contributed by atoms with Gasteiger partial charge in [-0.2, -0.15) is 0 Å². The first kappa shape index (κ1) is 12.0. The normalized spacial score (nSPS) is 36.4. The average molecular weight is 200 g/mol. The van der Waals surface area contributed by atoms with Gasteiger partial charge in [0.2, 0.25) is 0 Å². The first-order valence-electron chi connectivity index (χ1n) is 5.74. The van der Waals surface area contributed by atoms with Gasteiger partial charge in [-0.15, -0.1) is 0 Å². The SMILES string of the molecule is CC.CNCC12CCC(COC1)N2C. The molecule has 2 aliphatic rings. The zero-order valence-corrected chi connectivity index (χ0v) is 9.97. The number of hydrogen-bond donors (Lipinski definition) is 1. The minimum atomic E-state index is 0.303. The Hall–Kier alpha value is -0.120. The van der Waals surface area contributed by atoms with Crippen LogP contribution in [0.3, 0.4) is 0 Å². The number of nitrogens with zero attached hydrogens (tertiary/aromatic N) is 1. The molecule has 0 aromatic carbocycles. The van der Waals surface area contributed by atoms with Crippen LogP contribution in [0.1, 0.15) is 26.7 Å². The molecule has 2 rings (SSSR count). The Balaban J connectivity index is 0.000000461. The molecule has 2 unspecified atom stereocenters. The van der Waals surface area contributed by atoms with Gasteiger partial charge in [0.1, 0.15) is 0 Å². The van der Waals surface area contributed by atoms with Gasteiger partial charge in [-0.1, -0.05) is 13.8 Å². The van der Waals surface area contributed by atoms with Gasteiger partial charge < -0.3 is 10.1 Å². The van der Waals surface area contributed by atoms with Crippen molar-refractivity contribution >= 4 is 0 Å². The molecular formula is C11H24N2O. The molecule has 2 bridgehead atoms. The van der Waals surface area contributed by atoms with E-state index >= 15 is 0 Å². The lowest BCUT2D eigenvalue weighted by atomic mass is 9.97. The molecule has 84 valence electrons. The fourth-order valence-electron chi connectivity index (χ4n) is 2.54. The van der Waals surface area contributed by atoms with Crippen LogP contribution in [-0.2, 0) is 4.74 Å². The molecule has 0 spiro atoms. The zero-order valence-electron chi connectivity index (χ0n) is 9.97. The van der Waals surface area contributed by atoms with Gasteiger partial charge >= 0.3 is 0 Å². The summed E-state index contributed by atoms with van der Waals surface area (Å²) in [5.41, 5.74) is 0.303. The van der Waals surface area contributed by atoms with Crippen LogP contribution in [0.2, 0.25) is 0 Å². The summed E-state index contributed by atoms with van der Waals surface area (Å²) in [4.78, 5) is 2.51. The maximum atomic E-state index is 5.60. The molecule has 0 amide bonds. The molecule has 2 aliphatic heterocycles. The van der Waals surface area contributed by atoms with E-state index in [1.165, 1.54) is 12.8 Å². The predicted molar refractivity (Wildman–Crippen MR) is 59.6 cm³/mol. The molecule has 3 heteroatoms. The van der Waals surface area contributed by atoms with Crippen LogP contribution in [0.15, 0.2) is 0 Å². The maximum Gasteiger partial charge on any atom is 0.0663 e. The minimum absolute atomic E-state index is 0.303. The lowest BCUT2D eigenvalue weighted by Gasteiger charge is -2.42. The molecule has 1 N–H and O–H groups in total. The van der Waals surface area contributed by atoms with Crippen molar-refractivity contribution in [3.8, 4) is 0 Å². The Kier molecular flexibility index (Phi) is 4.35. The third-order valence-corrected chi connectivity index (χ3v) is 3.43. The topological polar surface area (TPSA) is 24.5 Å². The summed E-state index contributed by atoms with van der Waals surface area (Å²) in [7, 11) is 4.25. The Bertz CT molecular complexity index is 165. The molecule has 3 nitrogen and oxygen atoms in total. The van der Waals surface area contributed by atoms with E-state index in [0.29, 0.717) is 11.6 Å². The second-order valence-corrected chi connectivity index (χ2v) is 4.07. The number of fused-ring (bicyclic) bond motifs is 2. The number of likely N-dealkylation sites (N-methyl/N-ethyl adjacent to an activating group) is 2. The fourth-order valence-corrected chi connectivity index (χ4v) is 2.54. The lowest BCUT2D eigenvalue weighted by molar-refractivity contribution is -0.0529. The average Bonchev–Trinajstić information content (AvgIpc) is 2.44. The van der Waals surface area contributed by atoms with Crippen molar-refractivity contribution in [3.63, 3.8) is 0 Å². The third kappa shape index (κ3) is 1.95. The van der Waals surface area contributed by atoms with Gasteiger partial charge in [-0.3, -0.25) is 4.90 Å². The zero-order chi connectivity index (χ0) is 10.6. The van der Waals surface area contributed by atoms with Crippen LogP contribution in [0.5, 0.6) is 0 Å². The Morgan fingerprint density at radius 3 is 2.86 bits per heavy atom. The van der Waals surface area contributed by atoms with Gasteiger partial charge in [0.05, 0.1) is 18.8 Å². The van der Waals surface area contributed by atoms with Crippen molar-refractivity contribution in [1.29, 1.82) is 0 Å². The molecule has 0 aromatic heterocycles. The molecule has 2 heterocycles. The highest BCUT2D eigenvalue weighted by Crippen LogP contribution is 2.35. The van der Waals surface area contributed by atoms with Crippen LogP contribution < -0.4 is 5.32 Å². The van der Waals surface area contributed by atoms with Crippen LogP contribution in [0.4, 0.5) is 0 Å². The van der Waals surface area contributed by atoms with Crippen LogP contribution in [0, 0.1) is 0 Å². The monoisotopic (exact) mass is 200 g/mol. The fraction of sp³-hybridized carbons (Fsp3) is 1.00. The summed E-state index contributed by atoms with van der Waals surface area (Å²) in [5, 5.41) is 3.26. The molecule has 0 aromatic rings. The van der Waals surface area contributed by atoms with E-state index in [2.05, 4.69) is 17.3 Å². The van der Waals surface area contributed by atoms with E-state index in [4.69, 9.17) is 4.74 Å². The van der Waals surface area contributed by atoms with Crippen LogP contribution in [0.25, 0.3) is 0 Å². The first-order valence-corrected chi connectivity index (χ1v) is 5.74. The minimum Gasteiger partial charge on any atom is -0.378 e. The maximum absolute atomic E-state index is 5.60. The van der Waals surface area contributed by atoms with E-state index in [1.54, 1.807) is 0 Å². The second kappa shape index (κ2) is 5.10. The number of ether oxygens (including phenoxy) is 1. The van der Waals surface area contributed by atoms with Crippen molar-refractivity contribution < 1.29 is 4.74 Å². The summed E-state index contributed by atoms with van der Waals surface area (Å²) in [6, 6.07) is 0.673. The second-order valence-electron chi connectivity index (χ2n) is 4.07. The quantitative estimate of drug-likeness (QED) is 0.722. The number of morpholine rings is 1. The van der Waals surface area contributed by atoms with E-state index in [9.17, 15) is 0 Å². The highest BCUT2D eigenvalue weighted by atomic mass is 16.5. The molecule has 14 heavy (non-hydrogen) atoms. The lowest BCUT2D eigenvalue weighted by Crippen LogP contribution is -2.58. The van der Waals surface area contributed by atoms with Gasteiger partial charge in [-0.05, 0) is 26.9 Å². The van der Waals surface area contributed by atoms with E-state index in [-0.39, 0.29) is 0 Å². The van der Waals surface area contributed by atoms with Crippen LogP contribution >= 0.6 is 0 Å². The highest BCUT2D eigenvalue weighted by Gasteiger charge is 2.46. The molecule has 2 fully saturated rings. The third-order valence-electron chi connectivity index (χ3n) is 3.43. The number of rotatable bonds is 2. The predicted octanol–water partition coefficient (Wildman–Crippen LogP) is 1.10. The van der Waals surface area contributed by atoms with Crippen molar-refractivity contribution in [3.05, 3.63) is 0 Å². The highest BCUT2D eigenvalue weighted by molar-refractivity contribution is 5.02. The molecule has 2 saturated heterocycles. The standard InChI is InChI=1S/C9H18N2O.C2H6/c1-10-6-9-4-3-8(11(9)2)5-12-7-9;1-2/h8,10H,3-7H2,1-2H3;1-2H3. The molecule has 0 aliphatic carbocycles. The Morgan fingerprint density at radius 1 is 1.50 bits per heavy atom. The Morgan fingerprint density at radius 2 is 2.21 bits per heavy atom. The first-order chi connectivity index (χ1) is 6.78. The van der Waals surface area contributed by atoms with Gasteiger partial charge in [0.25, 0.3) is 0 Å². The van der Waals surface area contributed by atoms with Crippen molar-refractivity contribution in [2.24, 2.45) is 0 Å². The van der Waals surface area contributed by atoms with E-state index in [1.807, 2.05) is 20.9 Å². The summed E-state index contributed by atoms with van der Waals surface area (Å²) < 4.78 is 5.60. The summed E-state index contributed by atoms with van der Waals surface area (Å²) in [5.74, 6) is 0. The smallest absolute Gasteiger partial charge is 0.0663 e. The summed E-state index contributed by atoms with van der Waals surface area (Å²) in [6.07, 6.45) is 2.59. The van der Waals surface area contributed by atoms with E-state index < -0.39 is 0 Å². The van der Waals surface area contributed by atoms with E-state index in [0.717, 1.165) is 19.8 Å². The van der Waals surface area contributed by atoms with Crippen LogP contribution in [-0.4, -0.2) is 50.3 Å². The Labute approximate surface area is 87.8 Å². The van der Waals surface area contributed by atoms with Crippen molar-refractivity contribution in [2.75, 3.05) is 33.9 Å². The summed E-state index contributed by atoms with van der Waals surface area (Å²) >= 11 is 0. The molecular weight excluding hydrogens is 176 g/mol. The van der Waals surface area contributed by atoms with Gasteiger partial charge in [0.15, 0.2) is 0 Å². The van der Waals surface area contributed by atoms with Gasteiger partial charge in [0, 0.05) is 12.6 Å². The van der Waals surface area contributed by atoms with Crippen molar-refractivity contribution in [1.82, 2.24) is 10.2 Å². The molecule has 0 radical (unpaired) electrons.